The number of hydrogen-bond donors (Lipinski definition) is 2. The predicted octanol–water partition coefficient (Wildman–Crippen LogP) is 2.59. The van der Waals surface area contributed by atoms with Crippen LogP contribution in [0, 0.1) is 0 Å². The summed E-state index contributed by atoms with van der Waals surface area (Å²) in [4.78, 5) is 3.90. The minimum Gasteiger partial charge on any atom is -0.495 e. The minimum atomic E-state index is -3.77. The Labute approximate surface area is 128 Å². The SMILES string of the molecule is CNc1ccncc1S(=O)(=O)Nc1ccc(OC)c(Cl)c1. The van der Waals surface area contributed by atoms with Crippen LogP contribution in [-0.2, 0) is 10.0 Å². The Balaban J connectivity index is 2.35. The average molecular weight is 328 g/mol. The molecule has 2 aromatic rings. The van der Waals surface area contributed by atoms with Crippen LogP contribution >= 0.6 is 11.6 Å². The van der Waals surface area contributed by atoms with Gasteiger partial charge < -0.3 is 10.1 Å². The van der Waals surface area contributed by atoms with Gasteiger partial charge in [-0.05, 0) is 24.3 Å². The van der Waals surface area contributed by atoms with E-state index in [1.165, 1.54) is 25.6 Å². The quantitative estimate of drug-likeness (QED) is 0.882. The number of nitrogens with one attached hydrogen (secondary N) is 2. The standard InChI is InChI=1S/C13H14ClN3O3S/c1-15-11-5-6-16-8-13(11)21(18,19)17-9-3-4-12(20-2)10(14)7-9/h3-8,17H,1-2H3,(H,15,16). The molecule has 21 heavy (non-hydrogen) atoms. The van der Waals surface area contributed by atoms with E-state index in [1.54, 1.807) is 25.2 Å². The number of nitrogens with zero attached hydrogens (tertiary/aromatic N) is 1. The first kappa shape index (κ1) is 15.4. The van der Waals surface area contributed by atoms with Crippen LogP contribution in [0.5, 0.6) is 5.75 Å². The molecule has 1 aromatic carbocycles. The Morgan fingerprint density at radius 2 is 2.05 bits per heavy atom. The van der Waals surface area contributed by atoms with Gasteiger partial charge in [0.25, 0.3) is 10.0 Å². The van der Waals surface area contributed by atoms with E-state index in [-0.39, 0.29) is 4.90 Å². The first-order valence-electron chi connectivity index (χ1n) is 5.96. The van der Waals surface area contributed by atoms with Gasteiger partial charge in [0.2, 0.25) is 0 Å². The number of methoxy groups -OCH3 is 1. The molecule has 0 radical (unpaired) electrons. The second-order valence-electron chi connectivity index (χ2n) is 4.08. The number of hydrogen-bond acceptors (Lipinski definition) is 5. The molecule has 0 atom stereocenters. The summed E-state index contributed by atoms with van der Waals surface area (Å²) < 4.78 is 32.2. The third kappa shape index (κ3) is 3.37. The molecule has 2 N–H and O–H groups in total. The van der Waals surface area contributed by atoms with Crippen molar-refractivity contribution in [3.8, 4) is 5.75 Å². The summed E-state index contributed by atoms with van der Waals surface area (Å²) in [5, 5.41) is 3.13. The van der Waals surface area contributed by atoms with Crippen molar-refractivity contribution < 1.29 is 13.2 Å². The zero-order valence-corrected chi connectivity index (χ0v) is 13.0. The van der Waals surface area contributed by atoms with Gasteiger partial charge in [0, 0.05) is 19.4 Å². The van der Waals surface area contributed by atoms with Crippen molar-refractivity contribution in [1.82, 2.24) is 4.98 Å². The lowest BCUT2D eigenvalue weighted by Crippen LogP contribution is -2.15. The lowest BCUT2D eigenvalue weighted by molar-refractivity contribution is 0.415. The lowest BCUT2D eigenvalue weighted by atomic mass is 10.3. The van der Waals surface area contributed by atoms with Gasteiger partial charge in [0.1, 0.15) is 10.6 Å². The fourth-order valence-electron chi connectivity index (χ4n) is 1.74. The molecule has 0 amide bonds. The van der Waals surface area contributed by atoms with Gasteiger partial charge in [0.05, 0.1) is 23.5 Å². The van der Waals surface area contributed by atoms with Crippen LogP contribution in [0.1, 0.15) is 0 Å². The molecule has 0 aliphatic heterocycles. The van der Waals surface area contributed by atoms with Crippen molar-refractivity contribution in [3.05, 3.63) is 41.7 Å². The molecular formula is C13H14ClN3O3S. The number of rotatable bonds is 5. The highest BCUT2D eigenvalue weighted by atomic mass is 35.5. The Hall–Kier alpha value is -1.99. The van der Waals surface area contributed by atoms with E-state index >= 15 is 0 Å². The summed E-state index contributed by atoms with van der Waals surface area (Å²) in [5.74, 6) is 0.469. The van der Waals surface area contributed by atoms with Gasteiger partial charge >= 0.3 is 0 Å². The molecule has 8 heteroatoms. The number of sulfonamides is 1. The highest BCUT2D eigenvalue weighted by molar-refractivity contribution is 7.92. The van der Waals surface area contributed by atoms with Crippen LogP contribution in [0.25, 0.3) is 0 Å². The topological polar surface area (TPSA) is 80.3 Å². The van der Waals surface area contributed by atoms with Gasteiger partial charge in [-0.25, -0.2) is 8.42 Å². The number of benzene rings is 1. The number of ether oxygens (including phenoxy) is 1. The maximum Gasteiger partial charge on any atom is 0.265 e. The molecule has 1 heterocycles. The molecule has 0 aliphatic rings. The van der Waals surface area contributed by atoms with Gasteiger partial charge in [-0.3, -0.25) is 9.71 Å². The predicted molar refractivity (Wildman–Crippen MR) is 82.6 cm³/mol. The molecule has 0 bridgehead atoms. The average Bonchev–Trinajstić information content (AvgIpc) is 2.47. The molecule has 0 unspecified atom stereocenters. The van der Waals surface area contributed by atoms with E-state index in [0.29, 0.717) is 22.1 Å². The molecule has 0 aliphatic carbocycles. The molecular weight excluding hydrogens is 314 g/mol. The first-order valence-corrected chi connectivity index (χ1v) is 7.82. The molecule has 0 fully saturated rings. The Morgan fingerprint density at radius 3 is 2.67 bits per heavy atom. The first-order chi connectivity index (χ1) is 9.97. The summed E-state index contributed by atoms with van der Waals surface area (Å²) in [5.41, 5.74) is 0.795. The van der Waals surface area contributed by atoms with Crippen LogP contribution in [0.15, 0.2) is 41.6 Å². The maximum absolute atomic E-state index is 12.4. The molecule has 0 saturated carbocycles. The second kappa shape index (κ2) is 6.19. The van der Waals surface area contributed by atoms with Gasteiger partial charge in [0.15, 0.2) is 0 Å². The van der Waals surface area contributed by atoms with Gasteiger partial charge in [-0.2, -0.15) is 0 Å². The number of anilines is 2. The Bertz CT molecular complexity index is 750. The van der Waals surface area contributed by atoms with E-state index in [0.717, 1.165) is 0 Å². The zero-order chi connectivity index (χ0) is 15.5. The third-order valence-electron chi connectivity index (χ3n) is 2.75. The lowest BCUT2D eigenvalue weighted by Gasteiger charge is -2.12. The van der Waals surface area contributed by atoms with Crippen molar-refractivity contribution >= 4 is 33.0 Å². The van der Waals surface area contributed by atoms with Crippen molar-refractivity contribution in [2.24, 2.45) is 0 Å². The van der Waals surface area contributed by atoms with E-state index in [1.807, 2.05) is 0 Å². The minimum absolute atomic E-state index is 0.0550. The zero-order valence-electron chi connectivity index (χ0n) is 11.4. The normalized spacial score (nSPS) is 11.0. The largest absolute Gasteiger partial charge is 0.495 e. The van der Waals surface area contributed by atoms with Crippen molar-refractivity contribution in [2.75, 3.05) is 24.2 Å². The smallest absolute Gasteiger partial charge is 0.265 e. The monoisotopic (exact) mass is 327 g/mol. The highest BCUT2D eigenvalue weighted by Crippen LogP contribution is 2.29. The summed E-state index contributed by atoms with van der Waals surface area (Å²) in [6.07, 6.45) is 2.79. The van der Waals surface area contributed by atoms with E-state index in [4.69, 9.17) is 16.3 Å². The Morgan fingerprint density at radius 1 is 1.29 bits per heavy atom. The highest BCUT2D eigenvalue weighted by Gasteiger charge is 2.19. The summed E-state index contributed by atoms with van der Waals surface area (Å²) in [6.45, 7) is 0. The third-order valence-corrected chi connectivity index (χ3v) is 4.45. The van der Waals surface area contributed by atoms with E-state index in [9.17, 15) is 8.42 Å². The number of aromatic nitrogens is 1. The van der Waals surface area contributed by atoms with Gasteiger partial charge in [-0.15, -0.1) is 0 Å². The van der Waals surface area contributed by atoms with Crippen LogP contribution in [0.3, 0.4) is 0 Å². The van der Waals surface area contributed by atoms with Gasteiger partial charge in [-0.1, -0.05) is 11.6 Å². The Kier molecular flexibility index (Phi) is 4.54. The van der Waals surface area contributed by atoms with Crippen LogP contribution < -0.4 is 14.8 Å². The molecule has 1 aromatic heterocycles. The van der Waals surface area contributed by atoms with Crippen LogP contribution in [0.4, 0.5) is 11.4 Å². The molecule has 6 nitrogen and oxygen atoms in total. The summed E-state index contributed by atoms with van der Waals surface area (Å²) in [6, 6.07) is 6.21. The van der Waals surface area contributed by atoms with E-state index in [2.05, 4.69) is 15.0 Å². The van der Waals surface area contributed by atoms with Crippen LogP contribution in [-0.4, -0.2) is 27.6 Å². The van der Waals surface area contributed by atoms with Crippen molar-refractivity contribution in [2.45, 2.75) is 4.90 Å². The molecule has 0 saturated heterocycles. The molecule has 112 valence electrons. The fourth-order valence-corrected chi connectivity index (χ4v) is 3.20. The number of halogens is 1. The summed E-state index contributed by atoms with van der Waals surface area (Å²) >= 11 is 5.98. The van der Waals surface area contributed by atoms with Crippen molar-refractivity contribution in [3.63, 3.8) is 0 Å². The fraction of sp³-hybridized carbons (Fsp3) is 0.154. The molecule has 0 spiro atoms. The van der Waals surface area contributed by atoms with Crippen molar-refractivity contribution in [1.29, 1.82) is 0 Å². The summed E-state index contributed by atoms with van der Waals surface area (Å²) in [7, 11) is -0.643. The van der Waals surface area contributed by atoms with Crippen LogP contribution in [0.2, 0.25) is 5.02 Å². The number of pyridine rings is 1. The van der Waals surface area contributed by atoms with E-state index < -0.39 is 10.0 Å². The second-order valence-corrected chi connectivity index (χ2v) is 6.13. The maximum atomic E-state index is 12.4. The molecule has 2 rings (SSSR count).